The van der Waals surface area contributed by atoms with Crippen LogP contribution in [0.5, 0.6) is 5.75 Å². The van der Waals surface area contributed by atoms with Crippen molar-refractivity contribution in [1.29, 1.82) is 0 Å². The lowest BCUT2D eigenvalue weighted by molar-refractivity contribution is -0.129. The summed E-state index contributed by atoms with van der Waals surface area (Å²) >= 11 is 3.68. The van der Waals surface area contributed by atoms with Gasteiger partial charge in [0.1, 0.15) is 5.75 Å². The number of rotatable bonds is 13. The molecule has 0 aromatic heterocycles. The van der Waals surface area contributed by atoms with Crippen LogP contribution in [0, 0.1) is 5.41 Å². The predicted octanol–water partition coefficient (Wildman–Crippen LogP) is 6.63. The fourth-order valence-corrected chi connectivity index (χ4v) is 5.10. The third-order valence-electron chi connectivity index (χ3n) is 6.96. The molecule has 8 heteroatoms. The Labute approximate surface area is 257 Å². The first-order valence-electron chi connectivity index (χ1n) is 14.3. The van der Waals surface area contributed by atoms with Crippen LogP contribution in [0.15, 0.2) is 94.4 Å². The highest BCUT2D eigenvalue weighted by molar-refractivity contribution is 9.10. The molecule has 0 spiro atoms. The van der Waals surface area contributed by atoms with Gasteiger partial charge in [-0.1, -0.05) is 97.4 Å². The molecule has 3 aromatic carbocycles. The Balaban J connectivity index is 1.70. The van der Waals surface area contributed by atoms with Crippen molar-refractivity contribution in [1.82, 2.24) is 10.9 Å². The molecule has 0 saturated heterocycles. The molecule has 0 unspecified atom stereocenters. The number of ether oxygens (including phenoxy) is 2. The van der Waals surface area contributed by atoms with Gasteiger partial charge >= 0.3 is 0 Å². The number of aliphatic hydroxyl groups excluding tert-OH is 1. The largest absolute Gasteiger partial charge is 0.494 e. The summed E-state index contributed by atoms with van der Waals surface area (Å²) in [6, 6.07) is 25.2. The number of hydrogen-bond acceptors (Lipinski definition) is 6. The van der Waals surface area contributed by atoms with Gasteiger partial charge < -0.3 is 14.6 Å². The Hall–Kier alpha value is -3.46. The van der Waals surface area contributed by atoms with E-state index in [9.17, 15) is 4.79 Å². The maximum Gasteiger partial charge on any atom is 0.266 e. The van der Waals surface area contributed by atoms with E-state index in [1.165, 1.54) is 0 Å². The van der Waals surface area contributed by atoms with E-state index in [0.29, 0.717) is 37.6 Å². The van der Waals surface area contributed by atoms with Crippen LogP contribution >= 0.6 is 15.9 Å². The second kappa shape index (κ2) is 14.6. The molecule has 0 saturated carbocycles. The van der Waals surface area contributed by atoms with E-state index in [0.717, 1.165) is 27.6 Å². The number of aliphatic hydroxyl groups is 1. The number of nitrogens with zero attached hydrogens (tertiary/aromatic N) is 1. The van der Waals surface area contributed by atoms with Gasteiger partial charge in [0.2, 0.25) is 5.90 Å². The molecule has 7 nitrogen and oxygen atoms in total. The summed E-state index contributed by atoms with van der Waals surface area (Å²) in [6.07, 6.45) is 5.07. The summed E-state index contributed by atoms with van der Waals surface area (Å²) in [5.41, 5.74) is 7.53. The zero-order chi connectivity index (χ0) is 30.0. The van der Waals surface area contributed by atoms with Crippen molar-refractivity contribution in [3.8, 4) is 5.75 Å². The van der Waals surface area contributed by atoms with Crippen LogP contribution in [-0.4, -0.2) is 42.2 Å². The monoisotopic (exact) mass is 633 g/mol. The Morgan fingerprint density at radius 1 is 1.07 bits per heavy atom. The van der Waals surface area contributed by atoms with Gasteiger partial charge in [-0.3, -0.25) is 10.2 Å². The van der Waals surface area contributed by atoms with Gasteiger partial charge in [0.05, 0.1) is 6.61 Å². The standard InChI is InChI=1S/C34H40BrN3O4/c1-33(2,3)21-22-36-38-32(40)34(20-9-13-25-11-5-4-6-12-25)30(28-14-7-8-15-29(28)35)42-31(37-34)26-16-18-27(19-17-26)41-24-10-23-39/h4-9,11-19,30,36,39H,10,20-24H2,1-3H3,(H,38,40)/b13-9+/t30-,34-/m0/s1. The summed E-state index contributed by atoms with van der Waals surface area (Å²) in [5.74, 6) is 0.801. The van der Waals surface area contributed by atoms with Gasteiger partial charge in [0, 0.05) is 41.6 Å². The van der Waals surface area contributed by atoms with E-state index < -0.39 is 11.6 Å². The average Bonchev–Trinajstić information content (AvgIpc) is 3.36. The minimum Gasteiger partial charge on any atom is -0.494 e. The molecular weight excluding hydrogens is 594 g/mol. The third-order valence-corrected chi connectivity index (χ3v) is 7.68. The first-order valence-corrected chi connectivity index (χ1v) is 15.1. The number of carbonyl (C=O) groups is 1. The van der Waals surface area contributed by atoms with Crippen molar-refractivity contribution in [3.05, 3.63) is 106 Å². The van der Waals surface area contributed by atoms with Crippen molar-refractivity contribution < 1.29 is 19.4 Å². The third kappa shape index (κ3) is 8.31. The molecule has 3 N–H and O–H groups in total. The van der Waals surface area contributed by atoms with E-state index in [4.69, 9.17) is 19.6 Å². The van der Waals surface area contributed by atoms with Crippen molar-refractivity contribution in [2.24, 2.45) is 10.4 Å². The van der Waals surface area contributed by atoms with E-state index in [2.05, 4.69) is 47.6 Å². The lowest BCUT2D eigenvalue weighted by Crippen LogP contribution is -2.53. The van der Waals surface area contributed by atoms with E-state index in [-0.39, 0.29) is 17.9 Å². The summed E-state index contributed by atoms with van der Waals surface area (Å²) in [4.78, 5) is 19.2. The van der Waals surface area contributed by atoms with E-state index in [1.54, 1.807) is 0 Å². The van der Waals surface area contributed by atoms with Gasteiger partial charge in [-0.2, -0.15) is 0 Å². The van der Waals surface area contributed by atoms with Crippen LogP contribution in [0.1, 0.15) is 62.8 Å². The van der Waals surface area contributed by atoms with Crippen LogP contribution in [0.25, 0.3) is 6.08 Å². The quantitative estimate of drug-likeness (QED) is 0.145. The molecule has 0 radical (unpaired) electrons. The number of hydrazine groups is 1. The van der Waals surface area contributed by atoms with Crippen molar-refractivity contribution in [2.75, 3.05) is 19.8 Å². The molecule has 2 atom stereocenters. The number of nitrogens with one attached hydrogen (secondary N) is 2. The average molecular weight is 635 g/mol. The van der Waals surface area contributed by atoms with Crippen LogP contribution < -0.4 is 15.6 Å². The molecule has 3 aromatic rings. The number of aliphatic imine (C=N–C) groups is 1. The Morgan fingerprint density at radius 2 is 1.79 bits per heavy atom. The Bertz CT molecular complexity index is 1370. The molecule has 0 fully saturated rings. The van der Waals surface area contributed by atoms with Gasteiger partial charge in [-0.05, 0) is 47.7 Å². The summed E-state index contributed by atoms with van der Waals surface area (Å²) in [6.45, 7) is 7.63. The maximum absolute atomic E-state index is 14.2. The molecular formula is C34H40BrN3O4. The predicted molar refractivity (Wildman–Crippen MR) is 171 cm³/mol. The van der Waals surface area contributed by atoms with Crippen molar-refractivity contribution in [2.45, 2.75) is 51.7 Å². The molecule has 42 heavy (non-hydrogen) atoms. The number of hydrogen-bond donors (Lipinski definition) is 3. The second-order valence-electron chi connectivity index (χ2n) is 11.5. The first kappa shape index (κ1) is 31.5. The van der Waals surface area contributed by atoms with Crippen molar-refractivity contribution in [3.63, 3.8) is 0 Å². The van der Waals surface area contributed by atoms with Crippen molar-refractivity contribution >= 4 is 33.8 Å². The smallest absolute Gasteiger partial charge is 0.266 e. The van der Waals surface area contributed by atoms with Gasteiger partial charge in [-0.25, -0.2) is 10.4 Å². The lowest BCUT2D eigenvalue weighted by atomic mass is 9.84. The molecule has 1 heterocycles. The number of halogens is 1. The highest BCUT2D eigenvalue weighted by Gasteiger charge is 2.53. The Kier molecular flexibility index (Phi) is 11.0. The Morgan fingerprint density at radius 3 is 2.48 bits per heavy atom. The van der Waals surface area contributed by atoms with Crippen LogP contribution in [0.2, 0.25) is 0 Å². The maximum atomic E-state index is 14.2. The zero-order valence-corrected chi connectivity index (χ0v) is 26.1. The first-order chi connectivity index (χ1) is 20.2. The topological polar surface area (TPSA) is 92.2 Å². The highest BCUT2D eigenvalue weighted by Crippen LogP contribution is 2.45. The molecule has 4 rings (SSSR count). The molecule has 1 aliphatic heterocycles. The molecule has 1 aliphatic rings. The van der Waals surface area contributed by atoms with Gasteiger partial charge in [-0.15, -0.1) is 0 Å². The van der Waals surface area contributed by atoms with Gasteiger partial charge in [0.25, 0.3) is 5.91 Å². The van der Waals surface area contributed by atoms with Gasteiger partial charge in [0.15, 0.2) is 11.6 Å². The second-order valence-corrected chi connectivity index (χ2v) is 12.4. The van der Waals surface area contributed by atoms with Crippen LogP contribution in [-0.2, 0) is 9.53 Å². The lowest BCUT2D eigenvalue weighted by Gasteiger charge is -2.30. The molecule has 1 amide bonds. The molecule has 0 bridgehead atoms. The van der Waals surface area contributed by atoms with Crippen LogP contribution in [0.4, 0.5) is 0 Å². The summed E-state index contributed by atoms with van der Waals surface area (Å²) in [7, 11) is 0. The minimum atomic E-state index is -1.28. The van der Waals surface area contributed by atoms with Crippen LogP contribution in [0.3, 0.4) is 0 Å². The van der Waals surface area contributed by atoms with E-state index >= 15 is 0 Å². The summed E-state index contributed by atoms with van der Waals surface area (Å²) < 4.78 is 13.1. The fraction of sp³-hybridized carbons (Fsp3) is 0.353. The zero-order valence-electron chi connectivity index (χ0n) is 24.5. The number of benzene rings is 3. The molecule has 222 valence electrons. The number of carbonyl (C=O) groups excluding carboxylic acids is 1. The van der Waals surface area contributed by atoms with E-state index in [1.807, 2.05) is 91.0 Å². The normalized spacial score (nSPS) is 18.5. The highest BCUT2D eigenvalue weighted by atomic mass is 79.9. The number of amides is 1. The fourth-order valence-electron chi connectivity index (χ4n) is 4.61. The molecule has 0 aliphatic carbocycles. The SMILES string of the molecule is CC(C)(C)CCNNC(=O)[C@@]1(C/C=C/c2ccccc2)N=C(c2ccc(OCCCO)cc2)O[C@H]1c1ccccc1Br. The summed E-state index contributed by atoms with van der Waals surface area (Å²) in [5, 5.41) is 9.04. The minimum absolute atomic E-state index is 0.0765.